The number of carbonyl (C=O) groups is 1. The molecule has 0 radical (unpaired) electrons. The molecule has 1 atom stereocenters. The molecule has 0 fully saturated rings. The van der Waals surface area contributed by atoms with Crippen LogP contribution >= 0.6 is 0 Å². The zero-order valence-corrected chi connectivity index (χ0v) is 14.6. The van der Waals surface area contributed by atoms with Gasteiger partial charge in [-0.25, -0.2) is 4.79 Å². The summed E-state index contributed by atoms with van der Waals surface area (Å²) in [5, 5.41) is 31.9. The summed E-state index contributed by atoms with van der Waals surface area (Å²) in [5.74, 6) is -1.32. The number of aromatic hydroxyl groups is 2. The van der Waals surface area contributed by atoms with Crippen LogP contribution in [0.3, 0.4) is 0 Å². The Labute approximate surface area is 162 Å². The third-order valence-electron chi connectivity index (χ3n) is 5.15. The summed E-state index contributed by atoms with van der Waals surface area (Å²) in [6.45, 7) is 0. The molecule has 2 aliphatic rings. The molecule has 0 bridgehead atoms. The number of phenolic OH excluding ortho intramolecular Hbond substituents is 2. The molecule has 5 rings (SSSR count). The van der Waals surface area contributed by atoms with Crippen LogP contribution in [-0.2, 0) is 10.3 Å². The number of benzene rings is 3. The third kappa shape index (κ3) is 2.01. The second-order valence-electron chi connectivity index (χ2n) is 6.69. The normalized spacial score (nSPS) is 18.4. The van der Waals surface area contributed by atoms with Crippen LogP contribution in [0.5, 0.6) is 23.0 Å². The van der Waals surface area contributed by atoms with Gasteiger partial charge < -0.3 is 25.4 Å². The highest BCUT2D eigenvalue weighted by atomic mass is 16.6. The monoisotopic (exact) mass is 392 g/mol. The molecule has 1 spiro atoms. The Hall–Kier alpha value is -4.27. The lowest BCUT2D eigenvalue weighted by atomic mass is 9.76. The topological polar surface area (TPSA) is 145 Å². The number of rotatable bonds is 1. The fourth-order valence-electron chi connectivity index (χ4n) is 4.00. The van der Waals surface area contributed by atoms with E-state index >= 15 is 0 Å². The van der Waals surface area contributed by atoms with Crippen molar-refractivity contribution in [2.45, 2.75) is 5.60 Å². The van der Waals surface area contributed by atoms with Crippen LogP contribution in [0.25, 0.3) is 0 Å². The van der Waals surface area contributed by atoms with E-state index in [-0.39, 0.29) is 33.9 Å². The smallest absolute Gasteiger partial charge is 0.340 e. The van der Waals surface area contributed by atoms with Gasteiger partial charge in [-0.1, -0.05) is 18.2 Å². The number of phenols is 2. The minimum absolute atomic E-state index is 0.103. The molecular weight excluding hydrogens is 380 g/mol. The molecule has 0 amide bonds. The van der Waals surface area contributed by atoms with Gasteiger partial charge in [0.25, 0.3) is 0 Å². The SMILES string of the molecule is Nc1c(O)cc2c(c1[N+](=O)[O-])C1(OC(=O)c3ccccc31)c1ccc(O)cc1O2. The summed E-state index contributed by atoms with van der Waals surface area (Å²) < 4.78 is 11.5. The predicted octanol–water partition coefficient (Wildman–Crippen LogP) is 3.16. The van der Waals surface area contributed by atoms with Crippen molar-refractivity contribution in [1.82, 2.24) is 0 Å². The first-order chi connectivity index (χ1) is 13.8. The summed E-state index contributed by atoms with van der Waals surface area (Å²) >= 11 is 0. The van der Waals surface area contributed by atoms with Crippen LogP contribution in [-0.4, -0.2) is 21.1 Å². The standard InChI is InChI=1S/C20H12N2O7/c21-17-13(24)8-15-16(18(17)22(26)27)20(12-6-5-9(23)7-14(12)28-15)11-4-2-1-3-10(11)19(25)29-20/h1-8,23-24H,21H2. The lowest BCUT2D eigenvalue weighted by Gasteiger charge is -2.36. The van der Waals surface area contributed by atoms with E-state index < -0.39 is 33.6 Å². The molecule has 0 aromatic heterocycles. The fraction of sp³-hybridized carbons (Fsp3) is 0.0500. The molecule has 144 valence electrons. The number of anilines is 1. The van der Waals surface area contributed by atoms with Crippen LogP contribution < -0.4 is 10.5 Å². The van der Waals surface area contributed by atoms with Crippen molar-refractivity contribution in [2.24, 2.45) is 0 Å². The van der Waals surface area contributed by atoms with Crippen molar-refractivity contribution in [2.75, 3.05) is 5.73 Å². The summed E-state index contributed by atoms with van der Waals surface area (Å²) in [5.41, 5.74) is 3.80. The van der Waals surface area contributed by atoms with Gasteiger partial charge in [-0.3, -0.25) is 10.1 Å². The average Bonchev–Trinajstić information content (AvgIpc) is 2.97. The number of esters is 1. The quantitative estimate of drug-likeness (QED) is 0.188. The van der Waals surface area contributed by atoms with Gasteiger partial charge in [0.15, 0.2) is 5.69 Å². The van der Waals surface area contributed by atoms with Gasteiger partial charge in [-0.05, 0) is 18.2 Å². The average molecular weight is 392 g/mol. The number of nitrogen functional groups attached to an aromatic ring is 1. The molecule has 3 aromatic rings. The second kappa shape index (κ2) is 5.38. The number of nitrogens with zero attached hydrogens (tertiary/aromatic N) is 1. The van der Waals surface area contributed by atoms with Crippen molar-refractivity contribution in [1.29, 1.82) is 0 Å². The molecule has 9 nitrogen and oxygen atoms in total. The van der Waals surface area contributed by atoms with E-state index in [4.69, 9.17) is 15.2 Å². The molecule has 2 heterocycles. The van der Waals surface area contributed by atoms with E-state index in [1.54, 1.807) is 24.3 Å². The first-order valence-electron chi connectivity index (χ1n) is 8.49. The molecule has 3 aromatic carbocycles. The zero-order chi connectivity index (χ0) is 20.5. The van der Waals surface area contributed by atoms with Crippen molar-refractivity contribution in [3.63, 3.8) is 0 Å². The van der Waals surface area contributed by atoms with Crippen molar-refractivity contribution in [3.8, 4) is 23.0 Å². The Morgan fingerprint density at radius 2 is 1.79 bits per heavy atom. The Balaban J connectivity index is 1.99. The lowest BCUT2D eigenvalue weighted by Crippen LogP contribution is -2.34. The maximum absolute atomic E-state index is 12.7. The predicted molar refractivity (Wildman–Crippen MR) is 99.1 cm³/mol. The van der Waals surface area contributed by atoms with Crippen LogP contribution in [0.1, 0.15) is 27.0 Å². The first kappa shape index (κ1) is 16.9. The highest BCUT2D eigenvalue weighted by Gasteiger charge is 2.57. The highest BCUT2D eigenvalue weighted by Crippen LogP contribution is 2.60. The van der Waals surface area contributed by atoms with Gasteiger partial charge >= 0.3 is 11.7 Å². The molecule has 0 saturated carbocycles. The summed E-state index contributed by atoms with van der Waals surface area (Å²) in [4.78, 5) is 23.9. The Kier molecular flexibility index (Phi) is 3.13. The van der Waals surface area contributed by atoms with E-state index in [0.29, 0.717) is 5.56 Å². The molecular formula is C20H12N2O7. The number of fused-ring (bicyclic) bond motifs is 6. The van der Waals surface area contributed by atoms with E-state index in [9.17, 15) is 25.1 Å². The number of nitro benzene ring substituents is 1. The number of hydrogen-bond donors (Lipinski definition) is 3. The van der Waals surface area contributed by atoms with Gasteiger partial charge in [0, 0.05) is 23.3 Å². The van der Waals surface area contributed by atoms with Crippen LogP contribution in [0, 0.1) is 10.1 Å². The van der Waals surface area contributed by atoms with Gasteiger partial charge in [0.2, 0.25) is 5.60 Å². The number of nitro groups is 1. The van der Waals surface area contributed by atoms with Crippen molar-refractivity contribution in [3.05, 3.63) is 80.9 Å². The summed E-state index contributed by atoms with van der Waals surface area (Å²) in [6.07, 6.45) is 0. The Bertz CT molecular complexity index is 1250. The summed E-state index contributed by atoms with van der Waals surface area (Å²) in [6, 6.07) is 11.8. The van der Waals surface area contributed by atoms with Crippen molar-refractivity contribution >= 4 is 17.3 Å². The number of hydrogen-bond acceptors (Lipinski definition) is 8. The second-order valence-corrected chi connectivity index (χ2v) is 6.69. The molecule has 1 unspecified atom stereocenters. The lowest BCUT2D eigenvalue weighted by molar-refractivity contribution is -0.385. The summed E-state index contributed by atoms with van der Waals surface area (Å²) in [7, 11) is 0. The molecule has 9 heteroatoms. The minimum atomic E-state index is -1.73. The molecule has 0 aliphatic carbocycles. The largest absolute Gasteiger partial charge is 0.508 e. The van der Waals surface area contributed by atoms with Gasteiger partial charge in [-0.2, -0.15) is 0 Å². The Morgan fingerprint density at radius 1 is 1.03 bits per heavy atom. The van der Waals surface area contributed by atoms with Crippen LogP contribution in [0.4, 0.5) is 11.4 Å². The number of carbonyl (C=O) groups excluding carboxylic acids is 1. The fourth-order valence-corrected chi connectivity index (χ4v) is 4.00. The Morgan fingerprint density at radius 3 is 2.55 bits per heavy atom. The van der Waals surface area contributed by atoms with E-state index in [0.717, 1.165) is 6.07 Å². The first-order valence-corrected chi connectivity index (χ1v) is 8.49. The van der Waals surface area contributed by atoms with E-state index in [2.05, 4.69) is 0 Å². The van der Waals surface area contributed by atoms with Gasteiger partial charge in [0.1, 0.15) is 28.6 Å². The maximum atomic E-state index is 12.7. The maximum Gasteiger partial charge on any atom is 0.340 e. The van der Waals surface area contributed by atoms with Crippen molar-refractivity contribution < 1.29 is 29.4 Å². The van der Waals surface area contributed by atoms with Gasteiger partial charge in [0.05, 0.1) is 10.5 Å². The zero-order valence-electron chi connectivity index (χ0n) is 14.6. The molecule has 0 saturated heterocycles. The molecule has 4 N–H and O–H groups in total. The third-order valence-corrected chi connectivity index (χ3v) is 5.15. The number of ether oxygens (including phenoxy) is 2. The van der Waals surface area contributed by atoms with E-state index in [1.807, 2.05) is 0 Å². The molecule has 2 aliphatic heterocycles. The van der Waals surface area contributed by atoms with E-state index in [1.165, 1.54) is 18.2 Å². The van der Waals surface area contributed by atoms with Gasteiger partial charge in [-0.15, -0.1) is 0 Å². The van der Waals surface area contributed by atoms with Crippen LogP contribution in [0.2, 0.25) is 0 Å². The van der Waals surface area contributed by atoms with Crippen LogP contribution in [0.15, 0.2) is 48.5 Å². The minimum Gasteiger partial charge on any atom is -0.508 e. The highest BCUT2D eigenvalue weighted by molar-refractivity contribution is 5.98. The molecule has 29 heavy (non-hydrogen) atoms. The number of nitrogens with two attached hydrogens (primary N) is 1.